The molecule has 6 atom stereocenters. The molecule has 162 valence electrons. The van der Waals surface area contributed by atoms with E-state index in [1.807, 2.05) is 0 Å². The predicted molar refractivity (Wildman–Crippen MR) is 109 cm³/mol. The second kappa shape index (κ2) is 10.4. The lowest BCUT2D eigenvalue weighted by atomic mass is 9.75. The number of nitrogens with one attached hydrogen (secondary N) is 2. The van der Waals surface area contributed by atoms with Crippen LogP contribution in [0.3, 0.4) is 0 Å². The molecule has 0 bridgehead atoms. The van der Waals surface area contributed by atoms with Gasteiger partial charge in [0.15, 0.2) is 0 Å². The van der Waals surface area contributed by atoms with Crippen molar-refractivity contribution in [1.82, 2.24) is 10.9 Å². The summed E-state index contributed by atoms with van der Waals surface area (Å²) in [6, 6.07) is 0. The number of rotatable bonds is 4. The van der Waals surface area contributed by atoms with Gasteiger partial charge < -0.3 is 9.47 Å². The lowest BCUT2D eigenvalue weighted by molar-refractivity contribution is -0.00378. The third-order valence-corrected chi connectivity index (χ3v) is 6.71. The zero-order valence-electron chi connectivity index (χ0n) is 18.5. The second-order valence-electron chi connectivity index (χ2n) is 9.79. The number of hydrazine groups is 1. The first-order valence-electron chi connectivity index (χ1n) is 11.1. The molecule has 0 aromatic carbocycles. The first kappa shape index (κ1) is 22.8. The van der Waals surface area contributed by atoms with E-state index in [2.05, 4.69) is 52.4 Å². The monoisotopic (exact) mass is 396 g/mol. The summed E-state index contributed by atoms with van der Waals surface area (Å²) in [6.45, 7) is 13.1. The minimum absolute atomic E-state index is 0.105. The Bertz CT molecular complexity index is 477. The van der Waals surface area contributed by atoms with Crippen LogP contribution in [0.4, 0.5) is 9.59 Å². The highest BCUT2D eigenvalue weighted by molar-refractivity contribution is 5.73. The van der Waals surface area contributed by atoms with Crippen molar-refractivity contribution in [1.29, 1.82) is 0 Å². The molecule has 6 nitrogen and oxygen atoms in total. The molecule has 6 heteroatoms. The van der Waals surface area contributed by atoms with Gasteiger partial charge in [-0.25, -0.2) is 20.4 Å². The van der Waals surface area contributed by atoms with Crippen LogP contribution in [0.1, 0.15) is 80.1 Å². The van der Waals surface area contributed by atoms with Gasteiger partial charge in [0.2, 0.25) is 0 Å². The SMILES string of the molecule is CC(C)[C@H]1CC[C@H](C)C[C@@H]1OC(=O)NNC(=O)O[C@H]1C[C@@H](C)CC[C@@H]1C(C)C. The second-order valence-corrected chi connectivity index (χ2v) is 9.79. The summed E-state index contributed by atoms with van der Waals surface area (Å²) in [6.07, 6.45) is 4.80. The van der Waals surface area contributed by atoms with Crippen LogP contribution >= 0.6 is 0 Å². The maximum absolute atomic E-state index is 12.2. The van der Waals surface area contributed by atoms with Crippen molar-refractivity contribution in [2.24, 2.45) is 35.5 Å². The molecule has 2 fully saturated rings. The first-order valence-corrected chi connectivity index (χ1v) is 11.1. The number of ether oxygens (including phenoxy) is 2. The molecule has 2 saturated carbocycles. The van der Waals surface area contributed by atoms with Gasteiger partial charge in [0, 0.05) is 0 Å². The summed E-state index contributed by atoms with van der Waals surface area (Å²) < 4.78 is 11.3. The molecule has 2 aliphatic rings. The molecule has 2 rings (SSSR count). The highest BCUT2D eigenvalue weighted by atomic mass is 16.6. The lowest BCUT2D eigenvalue weighted by Gasteiger charge is -2.37. The summed E-state index contributed by atoms with van der Waals surface area (Å²) in [5.41, 5.74) is 4.73. The molecule has 0 heterocycles. The fourth-order valence-corrected chi connectivity index (χ4v) is 4.94. The van der Waals surface area contributed by atoms with Crippen LogP contribution in [0.25, 0.3) is 0 Å². The molecule has 0 unspecified atom stereocenters. The van der Waals surface area contributed by atoms with Gasteiger partial charge in [0.25, 0.3) is 0 Å². The minimum atomic E-state index is -0.612. The van der Waals surface area contributed by atoms with Gasteiger partial charge in [-0.05, 0) is 61.2 Å². The van der Waals surface area contributed by atoms with Crippen molar-refractivity contribution in [2.75, 3.05) is 0 Å². The average Bonchev–Trinajstić information content (AvgIpc) is 2.59. The fraction of sp³-hybridized carbons (Fsp3) is 0.909. The van der Waals surface area contributed by atoms with Crippen molar-refractivity contribution in [3.63, 3.8) is 0 Å². The van der Waals surface area contributed by atoms with E-state index >= 15 is 0 Å². The number of hydrogen-bond acceptors (Lipinski definition) is 4. The molecule has 2 aliphatic carbocycles. The van der Waals surface area contributed by atoms with E-state index in [1.165, 1.54) is 12.8 Å². The van der Waals surface area contributed by atoms with Crippen molar-refractivity contribution in [3.05, 3.63) is 0 Å². The molecule has 0 radical (unpaired) electrons. The number of carbonyl (C=O) groups excluding carboxylic acids is 2. The Kier molecular flexibility index (Phi) is 8.44. The fourth-order valence-electron chi connectivity index (χ4n) is 4.94. The third-order valence-electron chi connectivity index (χ3n) is 6.71. The maximum Gasteiger partial charge on any atom is 0.426 e. The molecule has 2 N–H and O–H groups in total. The van der Waals surface area contributed by atoms with Gasteiger partial charge in [-0.2, -0.15) is 0 Å². The zero-order chi connectivity index (χ0) is 20.8. The quantitative estimate of drug-likeness (QED) is 0.634. The van der Waals surface area contributed by atoms with Gasteiger partial charge >= 0.3 is 12.2 Å². The lowest BCUT2D eigenvalue weighted by Crippen LogP contribution is -2.47. The highest BCUT2D eigenvalue weighted by Gasteiger charge is 2.35. The molecule has 2 amide bonds. The molecule has 0 aliphatic heterocycles. The van der Waals surface area contributed by atoms with Crippen LogP contribution in [0.5, 0.6) is 0 Å². The van der Waals surface area contributed by atoms with Crippen LogP contribution in [0.2, 0.25) is 0 Å². The molecule has 28 heavy (non-hydrogen) atoms. The van der Waals surface area contributed by atoms with Crippen LogP contribution < -0.4 is 10.9 Å². The molecule has 0 aromatic heterocycles. The standard InChI is InChI=1S/C22H40N2O4/c1-13(2)17-9-7-15(5)11-19(17)27-21(25)23-24-22(26)28-20-12-16(6)8-10-18(20)14(3)4/h13-20H,7-12H2,1-6H3,(H,23,25)(H,24,26)/t15-,16-,17+,18+,19-,20-/m0/s1. The minimum Gasteiger partial charge on any atom is -0.445 e. The first-order chi connectivity index (χ1) is 13.2. The highest BCUT2D eigenvalue weighted by Crippen LogP contribution is 2.36. The maximum atomic E-state index is 12.2. The Hall–Kier alpha value is -1.46. The smallest absolute Gasteiger partial charge is 0.426 e. The van der Waals surface area contributed by atoms with Crippen LogP contribution in [0, 0.1) is 35.5 Å². The predicted octanol–water partition coefficient (Wildman–Crippen LogP) is 5.28. The summed E-state index contributed by atoms with van der Waals surface area (Å²) >= 11 is 0. The number of carbonyl (C=O) groups is 2. The number of hydrogen-bond donors (Lipinski definition) is 2. The van der Waals surface area contributed by atoms with Gasteiger partial charge in [0.05, 0.1) is 0 Å². The Labute approximate surface area is 170 Å². The summed E-state index contributed by atoms with van der Waals surface area (Å²) in [5.74, 6) is 2.75. The summed E-state index contributed by atoms with van der Waals surface area (Å²) in [4.78, 5) is 24.4. The van der Waals surface area contributed by atoms with Crippen LogP contribution in [-0.2, 0) is 9.47 Å². The van der Waals surface area contributed by atoms with Gasteiger partial charge in [0.1, 0.15) is 12.2 Å². The molecule has 0 saturated heterocycles. The molecular weight excluding hydrogens is 356 g/mol. The van der Waals surface area contributed by atoms with Crippen molar-refractivity contribution < 1.29 is 19.1 Å². The normalized spacial score (nSPS) is 33.4. The van der Waals surface area contributed by atoms with Gasteiger partial charge in [-0.1, -0.05) is 54.4 Å². The Morgan fingerprint density at radius 3 is 1.39 bits per heavy atom. The third kappa shape index (κ3) is 6.56. The van der Waals surface area contributed by atoms with Crippen LogP contribution in [-0.4, -0.2) is 24.4 Å². The Balaban J connectivity index is 1.80. The van der Waals surface area contributed by atoms with Crippen molar-refractivity contribution in [3.8, 4) is 0 Å². The van der Waals surface area contributed by atoms with E-state index in [-0.39, 0.29) is 12.2 Å². The van der Waals surface area contributed by atoms with Crippen LogP contribution in [0.15, 0.2) is 0 Å². The Morgan fingerprint density at radius 1 is 0.714 bits per heavy atom. The van der Waals surface area contributed by atoms with E-state index in [9.17, 15) is 9.59 Å². The van der Waals surface area contributed by atoms with E-state index in [0.717, 1.165) is 25.7 Å². The summed E-state index contributed by atoms with van der Waals surface area (Å²) in [5, 5.41) is 0. The van der Waals surface area contributed by atoms with E-state index in [1.54, 1.807) is 0 Å². The van der Waals surface area contributed by atoms with E-state index in [0.29, 0.717) is 35.5 Å². The number of amides is 2. The van der Waals surface area contributed by atoms with E-state index in [4.69, 9.17) is 9.47 Å². The summed E-state index contributed by atoms with van der Waals surface area (Å²) in [7, 11) is 0. The molecule has 0 aromatic rings. The average molecular weight is 397 g/mol. The largest absolute Gasteiger partial charge is 0.445 e. The van der Waals surface area contributed by atoms with Gasteiger partial charge in [-0.3, -0.25) is 0 Å². The van der Waals surface area contributed by atoms with Crippen molar-refractivity contribution in [2.45, 2.75) is 92.3 Å². The Morgan fingerprint density at radius 2 is 1.07 bits per heavy atom. The topological polar surface area (TPSA) is 76.7 Å². The molecule has 0 spiro atoms. The van der Waals surface area contributed by atoms with E-state index < -0.39 is 12.2 Å². The molecular formula is C22H40N2O4. The zero-order valence-corrected chi connectivity index (χ0v) is 18.5. The van der Waals surface area contributed by atoms with Gasteiger partial charge in [-0.15, -0.1) is 0 Å². The van der Waals surface area contributed by atoms with Crippen molar-refractivity contribution >= 4 is 12.2 Å².